The van der Waals surface area contributed by atoms with E-state index in [1.807, 2.05) is 18.2 Å². The molecular weight excluding hydrogens is 182 g/mol. The van der Waals surface area contributed by atoms with Crippen LogP contribution in [0.2, 0.25) is 0 Å². The van der Waals surface area contributed by atoms with Crippen LogP contribution in [-0.2, 0) is 11.3 Å². The van der Waals surface area contributed by atoms with Crippen molar-refractivity contribution in [3.8, 4) is 0 Å². The van der Waals surface area contributed by atoms with Crippen molar-refractivity contribution < 1.29 is 21.1 Å². The van der Waals surface area contributed by atoms with Crippen LogP contribution in [0.1, 0.15) is 18.9 Å². The van der Waals surface area contributed by atoms with E-state index in [1.165, 1.54) is 12.5 Å². The van der Waals surface area contributed by atoms with Crippen molar-refractivity contribution >= 4 is 5.97 Å². The first-order valence-electron chi connectivity index (χ1n) is 4.23. The Morgan fingerprint density at radius 2 is 1.79 bits per heavy atom. The highest BCUT2D eigenvalue weighted by Gasteiger charge is 1.82. The summed E-state index contributed by atoms with van der Waals surface area (Å²) in [4.78, 5) is 9.26. The number of rotatable bonds is 2. The van der Waals surface area contributed by atoms with E-state index in [-0.39, 0.29) is 11.9 Å². The molecule has 0 heterocycles. The van der Waals surface area contributed by atoms with E-state index in [1.54, 1.807) is 0 Å². The summed E-state index contributed by atoms with van der Waals surface area (Å²) in [5, 5.41) is 9.26. The van der Waals surface area contributed by atoms with Crippen molar-refractivity contribution in [2.45, 2.75) is 19.9 Å². The van der Waals surface area contributed by atoms with Gasteiger partial charge in [-0.3, -0.25) is 0 Å². The molecule has 4 nitrogen and oxygen atoms in total. The fourth-order valence-electron chi connectivity index (χ4n) is 0.645. The Morgan fingerprint density at radius 3 is 2.00 bits per heavy atom. The second kappa shape index (κ2) is 9.70. The van der Waals surface area contributed by atoms with Gasteiger partial charge in [0, 0.05) is 11.5 Å². The van der Waals surface area contributed by atoms with Crippen LogP contribution in [-0.4, -0.2) is 11.4 Å². The van der Waals surface area contributed by atoms with E-state index < -0.39 is 5.97 Å². The lowest BCUT2D eigenvalue weighted by molar-refractivity contribution is -0.386. The third kappa shape index (κ3) is 8.70. The first kappa shape index (κ1) is 15.1. The maximum atomic E-state index is 9.26. The standard InChI is InChI=1S/C7H9N.C3H6O2.H2O/c8-6-7-4-2-1-3-5-7;1-2-3(4)5;/h1-5H,6,8H2;2H2,1H3,(H,4,5);1H2. The summed E-state index contributed by atoms with van der Waals surface area (Å²) in [6, 6.07) is 10.2. The zero-order valence-corrected chi connectivity index (χ0v) is 8.32. The van der Waals surface area contributed by atoms with Gasteiger partial charge in [-0.25, -0.2) is 0 Å². The summed E-state index contributed by atoms with van der Waals surface area (Å²) in [5.74, 6) is -0.995. The largest absolute Gasteiger partial charge is 0.550 e. The first-order valence-corrected chi connectivity index (χ1v) is 4.23. The third-order valence-corrected chi connectivity index (χ3v) is 1.42. The summed E-state index contributed by atoms with van der Waals surface area (Å²) in [6.07, 6.45) is 0.111. The topological polar surface area (TPSA) is 99.3 Å². The van der Waals surface area contributed by atoms with Crippen LogP contribution in [0, 0.1) is 0 Å². The first-order chi connectivity index (χ1) is 6.20. The smallest absolute Gasteiger partial charge is 0.0997 e. The average Bonchev–Trinajstić information content (AvgIpc) is 2.20. The van der Waals surface area contributed by atoms with Crippen molar-refractivity contribution in [1.82, 2.24) is 0 Å². The van der Waals surface area contributed by atoms with Gasteiger partial charge in [0.05, 0.1) is 6.54 Å². The Hall–Kier alpha value is -1.39. The Bertz CT molecular complexity index is 236. The van der Waals surface area contributed by atoms with Crippen molar-refractivity contribution in [3.63, 3.8) is 0 Å². The lowest BCUT2D eigenvalue weighted by Crippen LogP contribution is -2.47. The highest BCUT2D eigenvalue weighted by molar-refractivity contribution is 5.63. The molecule has 4 heteroatoms. The molecule has 0 bridgehead atoms. The second-order valence-electron chi connectivity index (χ2n) is 2.46. The Balaban J connectivity index is 0. The summed E-state index contributed by atoms with van der Waals surface area (Å²) in [5.41, 5.74) is 5.05. The van der Waals surface area contributed by atoms with Crippen LogP contribution in [0.4, 0.5) is 0 Å². The molecule has 0 amide bonds. The number of carbonyl (C=O) groups is 1. The quantitative estimate of drug-likeness (QED) is 0.643. The number of aliphatic carboxylic acids is 1. The molecule has 1 rings (SSSR count). The van der Waals surface area contributed by atoms with E-state index in [0.717, 1.165) is 6.54 Å². The van der Waals surface area contributed by atoms with Gasteiger partial charge in [-0.05, 0) is 6.42 Å². The molecule has 14 heavy (non-hydrogen) atoms. The summed E-state index contributed by atoms with van der Waals surface area (Å²) in [7, 11) is 0. The molecular formula is C10H17NO3. The van der Waals surface area contributed by atoms with Crippen LogP contribution in [0.25, 0.3) is 0 Å². The van der Waals surface area contributed by atoms with Crippen molar-refractivity contribution in [2.75, 3.05) is 0 Å². The van der Waals surface area contributed by atoms with Gasteiger partial charge in [0.2, 0.25) is 0 Å². The Morgan fingerprint density at radius 1 is 1.36 bits per heavy atom. The molecule has 0 atom stereocenters. The summed E-state index contributed by atoms with van der Waals surface area (Å²) >= 11 is 0. The molecule has 1 aromatic rings. The van der Waals surface area contributed by atoms with Gasteiger partial charge in [-0.1, -0.05) is 37.3 Å². The molecule has 0 spiro atoms. The molecule has 0 aromatic heterocycles. The van der Waals surface area contributed by atoms with Gasteiger partial charge >= 0.3 is 0 Å². The molecule has 1 aromatic carbocycles. The third-order valence-electron chi connectivity index (χ3n) is 1.42. The van der Waals surface area contributed by atoms with E-state index in [2.05, 4.69) is 17.9 Å². The molecule has 5 N–H and O–H groups in total. The van der Waals surface area contributed by atoms with Gasteiger partial charge in [0.1, 0.15) is 0 Å². The van der Waals surface area contributed by atoms with E-state index in [4.69, 9.17) is 0 Å². The van der Waals surface area contributed by atoms with Crippen LogP contribution < -0.4 is 10.8 Å². The normalized spacial score (nSPS) is 7.86. The van der Waals surface area contributed by atoms with E-state index in [9.17, 15) is 9.90 Å². The summed E-state index contributed by atoms with van der Waals surface area (Å²) < 4.78 is 0. The highest BCUT2D eigenvalue weighted by Crippen LogP contribution is 1.93. The predicted molar refractivity (Wildman–Crippen MR) is 51.9 cm³/mol. The second-order valence-corrected chi connectivity index (χ2v) is 2.46. The van der Waals surface area contributed by atoms with Gasteiger partial charge in [0.15, 0.2) is 0 Å². The van der Waals surface area contributed by atoms with Crippen LogP contribution in [0.5, 0.6) is 0 Å². The van der Waals surface area contributed by atoms with Crippen LogP contribution in [0.15, 0.2) is 30.3 Å². The number of benzene rings is 1. The van der Waals surface area contributed by atoms with Gasteiger partial charge in [-0.2, -0.15) is 0 Å². The SMILES string of the molecule is CCC(=O)[O-].O.[NH3+]Cc1ccccc1. The molecule has 0 fully saturated rings. The number of quaternary nitrogens is 1. The van der Waals surface area contributed by atoms with Crippen LogP contribution in [0.3, 0.4) is 0 Å². The Labute approximate surface area is 83.7 Å². The fraction of sp³-hybridized carbons (Fsp3) is 0.300. The summed E-state index contributed by atoms with van der Waals surface area (Å²) in [6.45, 7) is 2.43. The lowest BCUT2D eigenvalue weighted by Gasteiger charge is -1.87. The van der Waals surface area contributed by atoms with Gasteiger partial charge < -0.3 is 21.1 Å². The van der Waals surface area contributed by atoms with Crippen LogP contribution >= 0.6 is 0 Å². The maximum Gasteiger partial charge on any atom is 0.0997 e. The Kier molecular flexibility index (Phi) is 10.5. The highest BCUT2D eigenvalue weighted by atomic mass is 16.4. The van der Waals surface area contributed by atoms with Crippen molar-refractivity contribution in [1.29, 1.82) is 0 Å². The van der Waals surface area contributed by atoms with Crippen molar-refractivity contribution in [3.05, 3.63) is 35.9 Å². The molecule has 0 saturated heterocycles. The molecule has 0 radical (unpaired) electrons. The zero-order chi connectivity index (χ0) is 10.1. The van der Waals surface area contributed by atoms with Gasteiger partial charge in [-0.15, -0.1) is 0 Å². The predicted octanol–water partition coefficient (Wildman–Crippen LogP) is -1.25. The number of hydrogen-bond acceptors (Lipinski definition) is 2. The zero-order valence-electron chi connectivity index (χ0n) is 8.32. The molecule has 0 saturated carbocycles. The maximum absolute atomic E-state index is 9.26. The minimum absolute atomic E-state index is 0. The molecule has 80 valence electrons. The number of hydrogen-bond donors (Lipinski definition) is 1. The number of carboxylic acids is 1. The molecule has 0 aliphatic carbocycles. The average molecular weight is 199 g/mol. The monoisotopic (exact) mass is 199 g/mol. The minimum atomic E-state index is -0.995. The molecule has 0 aliphatic heterocycles. The lowest BCUT2D eigenvalue weighted by atomic mass is 10.2. The number of carbonyl (C=O) groups excluding carboxylic acids is 1. The van der Waals surface area contributed by atoms with E-state index in [0.29, 0.717) is 0 Å². The molecule has 0 unspecified atom stereocenters. The van der Waals surface area contributed by atoms with E-state index >= 15 is 0 Å². The van der Waals surface area contributed by atoms with Crippen molar-refractivity contribution in [2.24, 2.45) is 0 Å². The minimum Gasteiger partial charge on any atom is -0.550 e. The fourth-order valence-corrected chi connectivity index (χ4v) is 0.645. The molecule has 0 aliphatic rings. The van der Waals surface area contributed by atoms with Gasteiger partial charge in [0.25, 0.3) is 0 Å². The number of carboxylic acid groups (broad SMARTS) is 1.